The first-order valence-corrected chi connectivity index (χ1v) is 10.9. The highest BCUT2D eigenvalue weighted by Gasteiger charge is 2.53. The molecule has 0 N–H and O–H groups in total. The van der Waals surface area contributed by atoms with Crippen molar-refractivity contribution in [1.29, 1.82) is 0 Å². The second-order valence-electron chi connectivity index (χ2n) is 8.91. The van der Waals surface area contributed by atoms with Crippen LogP contribution in [0.1, 0.15) is 50.5 Å². The standard InChI is InChI=1S/C28H18N2O/c31-28-20-12-11-17-8-7-16-9-10-18-15-19-5-1-3-13-29(19)27-25(20)23(17)22(16)24(18)26(27)30-14-4-2-6-21(28)30/h1-14,26-27H,15H2/q+2. The van der Waals surface area contributed by atoms with Crippen LogP contribution < -0.4 is 9.13 Å². The maximum Gasteiger partial charge on any atom is 0.257 e. The van der Waals surface area contributed by atoms with Gasteiger partial charge in [-0.05, 0) is 28.5 Å². The number of nitrogens with zero attached hydrogens (tertiary/aromatic N) is 2. The molecule has 0 spiro atoms. The molecule has 0 radical (unpaired) electrons. The van der Waals surface area contributed by atoms with Crippen molar-refractivity contribution in [1.82, 2.24) is 0 Å². The zero-order valence-electron chi connectivity index (χ0n) is 16.7. The van der Waals surface area contributed by atoms with E-state index in [0.29, 0.717) is 0 Å². The molecule has 2 aliphatic heterocycles. The third kappa shape index (κ3) is 1.76. The fourth-order valence-corrected chi connectivity index (χ4v) is 6.36. The lowest BCUT2D eigenvalue weighted by Gasteiger charge is -2.27. The molecule has 0 saturated heterocycles. The number of pyridine rings is 2. The van der Waals surface area contributed by atoms with E-state index < -0.39 is 0 Å². The molecule has 3 heteroatoms. The minimum Gasteiger partial charge on any atom is -0.282 e. The predicted molar refractivity (Wildman–Crippen MR) is 117 cm³/mol. The topological polar surface area (TPSA) is 24.8 Å². The van der Waals surface area contributed by atoms with E-state index in [1.807, 2.05) is 18.2 Å². The average molecular weight is 398 g/mol. The van der Waals surface area contributed by atoms with Crippen LogP contribution in [-0.2, 0) is 6.42 Å². The first-order chi connectivity index (χ1) is 15.3. The van der Waals surface area contributed by atoms with Gasteiger partial charge in [-0.25, -0.2) is 0 Å². The SMILES string of the molecule is O=C1c2ccc3ccc4ccc5c6c4c3c2C(C6[n+]2ccccc21)[n+]1ccccc1C5. The van der Waals surface area contributed by atoms with Crippen LogP contribution in [-0.4, -0.2) is 5.78 Å². The van der Waals surface area contributed by atoms with E-state index in [4.69, 9.17) is 0 Å². The van der Waals surface area contributed by atoms with E-state index in [2.05, 4.69) is 76.1 Å². The molecule has 3 nitrogen and oxygen atoms in total. The molecule has 2 unspecified atom stereocenters. The van der Waals surface area contributed by atoms with Crippen molar-refractivity contribution < 1.29 is 13.9 Å². The van der Waals surface area contributed by atoms with Crippen LogP contribution in [0.4, 0.5) is 0 Å². The Morgan fingerprint density at radius 3 is 2.23 bits per heavy atom. The number of fused-ring (bicyclic) bond motifs is 2. The van der Waals surface area contributed by atoms with Crippen molar-refractivity contribution in [2.75, 3.05) is 0 Å². The van der Waals surface area contributed by atoms with Crippen molar-refractivity contribution in [3.05, 3.63) is 119 Å². The van der Waals surface area contributed by atoms with E-state index in [-0.39, 0.29) is 17.9 Å². The summed E-state index contributed by atoms with van der Waals surface area (Å²) >= 11 is 0. The largest absolute Gasteiger partial charge is 0.282 e. The van der Waals surface area contributed by atoms with E-state index in [1.165, 1.54) is 43.9 Å². The van der Waals surface area contributed by atoms with Crippen molar-refractivity contribution in [2.24, 2.45) is 0 Å². The Morgan fingerprint density at radius 1 is 0.677 bits per heavy atom. The summed E-state index contributed by atoms with van der Waals surface area (Å²) in [6, 6.07) is 25.8. The van der Waals surface area contributed by atoms with E-state index in [1.54, 1.807) is 0 Å². The summed E-state index contributed by atoms with van der Waals surface area (Å²) in [6.45, 7) is 0. The van der Waals surface area contributed by atoms with Gasteiger partial charge in [0.15, 0.2) is 18.1 Å². The first kappa shape index (κ1) is 15.9. The van der Waals surface area contributed by atoms with Gasteiger partial charge < -0.3 is 0 Å². The maximum atomic E-state index is 13.8. The highest BCUT2D eigenvalue weighted by atomic mass is 16.1. The number of aromatic nitrogens is 2. The highest BCUT2D eigenvalue weighted by Crippen LogP contribution is 2.50. The van der Waals surface area contributed by atoms with Gasteiger partial charge in [-0.2, -0.15) is 9.13 Å². The summed E-state index contributed by atoms with van der Waals surface area (Å²) in [4.78, 5) is 13.8. The molecule has 31 heavy (non-hydrogen) atoms. The van der Waals surface area contributed by atoms with Crippen LogP contribution in [0.3, 0.4) is 0 Å². The summed E-state index contributed by atoms with van der Waals surface area (Å²) in [5.41, 5.74) is 6.83. The van der Waals surface area contributed by atoms with E-state index in [0.717, 1.165) is 17.7 Å². The van der Waals surface area contributed by atoms with Gasteiger partial charge in [0.05, 0.1) is 6.42 Å². The van der Waals surface area contributed by atoms with Crippen molar-refractivity contribution in [3.8, 4) is 0 Å². The van der Waals surface area contributed by atoms with Crippen molar-refractivity contribution in [3.63, 3.8) is 0 Å². The summed E-state index contributed by atoms with van der Waals surface area (Å²) in [7, 11) is 0. The molecule has 1 aliphatic carbocycles. The van der Waals surface area contributed by atoms with Gasteiger partial charge in [-0.1, -0.05) is 36.4 Å². The predicted octanol–water partition coefficient (Wildman–Crippen LogP) is 4.21. The Balaban J connectivity index is 1.73. The lowest BCUT2D eigenvalue weighted by molar-refractivity contribution is -0.804. The van der Waals surface area contributed by atoms with Gasteiger partial charge in [-0.15, -0.1) is 0 Å². The number of rotatable bonds is 0. The van der Waals surface area contributed by atoms with Gasteiger partial charge in [0.25, 0.3) is 23.6 Å². The van der Waals surface area contributed by atoms with Crippen molar-refractivity contribution >= 4 is 27.3 Å². The smallest absolute Gasteiger partial charge is 0.257 e. The maximum absolute atomic E-state index is 13.8. The summed E-state index contributed by atoms with van der Waals surface area (Å²) in [6.07, 6.45) is 5.19. The quantitative estimate of drug-likeness (QED) is 0.283. The molecule has 3 aromatic carbocycles. The van der Waals surface area contributed by atoms with Crippen LogP contribution in [0.15, 0.2) is 85.2 Å². The Hall–Kier alpha value is -3.85. The molecule has 5 aromatic rings. The minimum absolute atomic E-state index is 0.0502. The monoisotopic (exact) mass is 398 g/mol. The Kier molecular flexibility index (Phi) is 2.69. The third-order valence-corrected chi connectivity index (χ3v) is 7.55. The van der Waals surface area contributed by atoms with Crippen LogP contribution >= 0.6 is 0 Å². The van der Waals surface area contributed by atoms with E-state index >= 15 is 0 Å². The Bertz CT molecular complexity index is 1650. The fourth-order valence-electron chi connectivity index (χ4n) is 6.36. The van der Waals surface area contributed by atoms with Gasteiger partial charge in [0, 0.05) is 51.7 Å². The van der Waals surface area contributed by atoms with Gasteiger partial charge in [-0.3, -0.25) is 4.79 Å². The normalized spacial score (nSPS) is 19.5. The lowest BCUT2D eigenvalue weighted by Crippen LogP contribution is -2.55. The molecule has 0 amide bonds. The first-order valence-electron chi connectivity index (χ1n) is 10.9. The third-order valence-electron chi connectivity index (χ3n) is 7.55. The lowest BCUT2D eigenvalue weighted by atomic mass is 9.77. The van der Waals surface area contributed by atoms with Gasteiger partial charge in [0.2, 0.25) is 0 Å². The van der Waals surface area contributed by atoms with Crippen LogP contribution in [0.25, 0.3) is 21.5 Å². The molecular formula is C28H18N2O+2. The Labute approximate surface area is 178 Å². The molecule has 4 heterocycles. The molecule has 3 aliphatic rings. The number of ketones is 1. The molecule has 4 bridgehead atoms. The number of hydrogen-bond donors (Lipinski definition) is 0. The number of benzene rings is 3. The Morgan fingerprint density at radius 2 is 1.35 bits per heavy atom. The summed E-state index contributed by atoms with van der Waals surface area (Å²) in [5, 5.41) is 5.07. The van der Waals surface area contributed by atoms with Crippen molar-refractivity contribution in [2.45, 2.75) is 18.5 Å². The molecular weight excluding hydrogens is 380 g/mol. The number of carbonyl (C=O) groups excluding carboxylic acids is 1. The number of carbonyl (C=O) groups is 1. The fraction of sp³-hybridized carbons (Fsp3) is 0.107. The molecule has 2 aromatic heterocycles. The average Bonchev–Trinajstić information content (AvgIpc) is 3.00. The molecule has 8 rings (SSSR count). The zero-order valence-corrected chi connectivity index (χ0v) is 16.7. The van der Waals surface area contributed by atoms with E-state index in [9.17, 15) is 4.79 Å². The van der Waals surface area contributed by atoms with Crippen LogP contribution in [0.2, 0.25) is 0 Å². The summed E-state index contributed by atoms with van der Waals surface area (Å²) in [5.74, 6) is 0.120. The van der Waals surface area contributed by atoms with Crippen LogP contribution in [0.5, 0.6) is 0 Å². The highest BCUT2D eigenvalue weighted by molar-refractivity contribution is 6.18. The molecule has 0 saturated carbocycles. The summed E-state index contributed by atoms with van der Waals surface area (Å²) < 4.78 is 4.66. The van der Waals surface area contributed by atoms with Gasteiger partial charge in [0.1, 0.15) is 0 Å². The molecule has 144 valence electrons. The van der Waals surface area contributed by atoms with Crippen LogP contribution in [0, 0.1) is 0 Å². The molecule has 0 fully saturated rings. The second-order valence-corrected chi connectivity index (χ2v) is 8.91. The minimum atomic E-state index is 0.0502. The zero-order chi connectivity index (χ0) is 20.3. The molecule has 2 atom stereocenters. The second kappa shape index (κ2) is 5.25. The van der Waals surface area contributed by atoms with Gasteiger partial charge >= 0.3 is 0 Å². The number of hydrogen-bond acceptors (Lipinski definition) is 1.